The van der Waals surface area contributed by atoms with E-state index < -0.39 is 0 Å². The molecule has 2 atom stereocenters. The number of hydrogen-bond donors (Lipinski definition) is 1. The minimum Gasteiger partial charge on any atom is -0.375 e. The van der Waals surface area contributed by atoms with E-state index in [4.69, 9.17) is 4.74 Å². The SMILES string of the molecule is C[C@H]1OCCN[C@@H]1C(=O)N1CCCN(CC(=O)N2CCCC2)CC1.Cl.Cl. The summed E-state index contributed by atoms with van der Waals surface area (Å²) in [6, 6.07) is -0.239. The number of carbonyl (C=O) groups excluding carboxylic acids is 2. The normalized spacial score (nSPS) is 27.3. The lowest BCUT2D eigenvalue weighted by molar-refractivity contribution is -0.139. The molecule has 0 unspecified atom stereocenters. The zero-order valence-corrected chi connectivity index (χ0v) is 17.2. The Labute approximate surface area is 168 Å². The van der Waals surface area contributed by atoms with Crippen LogP contribution in [0, 0.1) is 0 Å². The second-order valence-electron chi connectivity index (χ2n) is 7.05. The van der Waals surface area contributed by atoms with E-state index in [0.717, 1.165) is 58.5 Å². The number of nitrogens with one attached hydrogen (secondary N) is 1. The smallest absolute Gasteiger partial charge is 0.242 e. The van der Waals surface area contributed by atoms with Gasteiger partial charge < -0.3 is 19.9 Å². The van der Waals surface area contributed by atoms with Gasteiger partial charge in [-0.05, 0) is 26.2 Å². The van der Waals surface area contributed by atoms with Crippen LogP contribution in [-0.4, -0.2) is 97.6 Å². The Bertz CT molecular complexity index is 463. The quantitative estimate of drug-likeness (QED) is 0.727. The van der Waals surface area contributed by atoms with Crippen molar-refractivity contribution in [2.24, 2.45) is 0 Å². The Morgan fingerprint density at radius 2 is 1.65 bits per heavy atom. The molecule has 7 nitrogen and oxygen atoms in total. The first-order valence-corrected chi connectivity index (χ1v) is 9.29. The predicted molar refractivity (Wildman–Crippen MR) is 105 cm³/mol. The van der Waals surface area contributed by atoms with Gasteiger partial charge in [0, 0.05) is 45.8 Å². The summed E-state index contributed by atoms with van der Waals surface area (Å²) in [6.07, 6.45) is 3.09. The summed E-state index contributed by atoms with van der Waals surface area (Å²) in [4.78, 5) is 31.2. The molecule has 3 aliphatic rings. The molecular formula is C17H32Cl2N4O3. The highest BCUT2D eigenvalue weighted by molar-refractivity contribution is 5.85. The summed E-state index contributed by atoms with van der Waals surface area (Å²) in [5.74, 6) is 0.373. The van der Waals surface area contributed by atoms with Crippen molar-refractivity contribution in [3.8, 4) is 0 Å². The molecule has 3 fully saturated rings. The summed E-state index contributed by atoms with van der Waals surface area (Å²) in [5.41, 5.74) is 0. The molecule has 1 N–H and O–H groups in total. The lowest BCUT2D eigenvalue weighted by atomic mass is 10.1. The first kappa shape index (κ1) is 23.4. The second kappa shape index (κ2) is 11.3. The lowest BCUT2D eigenvalue weighted by Gasteiger charge is -2.33. The van der Waals surface area contributed by atoms with Crippen molar-refractivity contribution in [1.82, 2.24) is 20.0 Å². The molecule has 3 saturated heterocycles. The van der Waals surface area contributed by atoms with Crippen molar-refractivity contribution in [3.05, 3.63) is 0 Å². The molecule has 0 saturated carbocycles. The zero-order valence-electron chi connectivity index (χ0n) is 15.5. The summed E-state index contributed by atoms with van der Waals surface area (Å²) < 4.78 is 5.59. The van der Waals surface area contributed by atoms with Crippen LogP contribution in [0.3, 0.4) is 0 Å². The number of morpholine rings is 1. The van der Waals surface area contributed by atoms with Gasteiger partial charge in [0.15, 0.2) is 0 Å². The Morgan fingerprint density at radius 1 is 0.962 bits per heavy atom. The highest BCUT2D eigenvalue weighted by atomic mass is 35.5. The molecule has 3 aliphatic heterocycles. The van der Waals surface area contributed by atoms with Gasteiger partial charge in [0.25, 0.3) is 0 Å². The lowest BCUT2D eigenvalue weighted by Crippen LogP contribution is -2.56. The number of nitrogens with zero attached hydrogens (tertiary/aromatic N) is 3. The molecule has 0 spiro atoms. The highest BCUT2D eigenvalue weighted by Gasteiger charge is 2.32. The van der Waals surface area contributed by atoms with Gasteiger partial charge in [-0.15, -0.1) is 24.8 Å². The molecule has 2 amide bonds. The van der Waals surface area contributed by atoms with Gasteiger partial charge in [0.05, 0.1) is 19.3 Å². The van der Waals surface area contributed by atoms with Gasteiger partial charge in [-0.25, -0.2) is 0 Å². The molecule has 3 heterocycles. The van der Waals surface area contributed by atoms with E-state index in [1.54, 1.807) is 0 Å². The maximum Gasteiger partial charge on any atom is 0.242 e. The van der Waals surface area contributed by atoms with E-state index in [-0.39, 0.29) is 48.8 Å². The zero-order chi connectivity index (χ0) is 16.9. The number of carbonyl (C=O) groups is 2. The highest BCUT2D eigenvalue weighted by Crippen LogP contribution is 2.12. The molecule has 0 aromatic rings. The maximum atomic E-state index is 12.7. The number of amides is 2. The van der Waals surface area contributed by atoms with E-state index in [0.29, 0.717) is 19.7 Å². The van der Waals surface area contributed by atoms with Gasteiger partial charge >= 0.3 is 0 Å². The topological polar surface area (TPSA) is 65.1 Å². The number of rotatable bonds is 3. The molecule has 0 bridgehead atoms. The Hall–Kier alpha value is -0.600. The molecule has 0 aromatic heterocycles. The maximum absolute atomic E-state index is 12.7. The second-order valence-corrected chi connectivity index (χ2v) is 7.05. The molecule has 0 aromatic carbocycles. The molecule has 3 rings (SSSR count). The number of likely N-dealkylation sites (tertiary alicyclic amines) is 1. The number of halogens is 2. The van der Waals surface area contributed by atoms with Crippen LogP contribution < -0.4 is 5.32 Å². The van der Waals surface area contributed by atoms with Gasteiger partial charge in [0.2, 0.25) is 11.8 Å². The molecule has 0 aliphatic carbocycles. The molecule has 0 radical (unpaired) electrons. The van der Waals surface area contributed by atoms with Crippen molar-refractivity contribution < 1.29 is 14.3 Å². The summed E-state index contributed by atoms with van der Waals surface area (Å²) in [7, 11) is 0. The number of ether oxygens (including phenoxy) is 1. The van der Waals surface area contributed by atoms with Crippen LogP contribution in [0.1, 0.15) is 26.2 Å². The summed E-state index contributed by atoms with van der Waals surface area (Å²) in [5, 5.41) is 3.28. The van der Waals surface area contributed by atoms with Gasteiger partial charge in [0.1, 0.15) is 6.04 Å². The van der Waals surface area contributed by atoms with Crippen LogP contribution in [0.15, 0.2) is 0 Å². The van der Waals surface area contributed by atoms with E-state index in [1.165, 1.54) is 0 Å². The minimum absolute atomic E-state index is 0. The van der Waals surface area contributed by atoms with Crippen LogP contribution in [0.5, 0.6) is 0 Å². The van der Waals surface area contributed by atoms with Crippen molar-refractivity contribution in [1.29, 1.82) is 0 Å². The van der Waals surface area contributed by atoms with E-state index >= 15 is 0 Å². The Kier molecular flexibility index (Phi) is 10.2. The van der Waals surface area contributed by atoms with Crippen molar-refractivity contribution in [2.45, 2.75) is 38.3 Å². The first-order valence-electron chi connectivity index (χ1n) is 9.29. The molecule has 26 heavy (non-hydrogen) atoms. The third-order valence-electron chi connectivity index (χ3n) is 5.30. The van der Waals surface area contributed by atoms with Crippen molar-refractivity contribution in [3.63, 3.8) is 0 Å². The molecule has 9 heteroatoms. The third kappa shape index (κ3) is 5.96. The average molecular weight is 411 g/mol. The van der Waals surface area contributed by atoms with E-state index in [9.17, 15) is 9.59 Å². The first-order chi connectivity index (χ1) is 11.6. The third-order valence-corrected chi connectivity index (χ3v) is 5.30. The van der Waals surface area contributed by atoms with Gasteiger partial charge in [-0.3, -0.25) is 14.5 Å². The van der Waals surface area contributed by atoms with Crippen LogP contribution in [0.25, 0.3) is 0 Å². The summed E-state index contributed by atoms with van der Waals surface area (Å²) in [6.45, 7) is 8.75. The van der Waals surface area contributed by atoms with Crippen LogP contribution in [0.2, 0.25) is 0 Å². The van der Waals surface area contributed by atoms with Crippen LogP contribution in [-0.2, 0) is 14.3 Å². The average Bonchev–Trinajstić information content (AvgIpc) is 3.02. The number of hydrogen-bond acceptors (Lipinski definition) is 5. The van der Waals surface area contributed by atoms with Crippen molar-refractivity contribution >= 4 is 36.6 Å². The minimum atomic E-state index is -0.239. The standard InChI is InChI=1S/C17H30N4O3.2ClH/c1-14-16(18-5-12-24-14)17(23)21-9-4-6-19(10-11-21)13-15(22)20-7-2-3-8-20;;/h14,16,18H,2-13H2,1H3;2*1H/t14-,16+;;/m1../s1. The summed E-state index contributed by atoms with van der Waals surface area (Å²) >= 11 is 0. The van der Waals surface area contributed by atoms with Gasteiger partial charge in [-0.2, -0.15) is 0 Å². The van der Waals surface area contributed by atoms with Crippen LogP contribution >= 0.6 is 24.8 Å². The largest absolute Gasteiger partial charge is 0.375 e. The molecular weight excluding hydrogens is 379 g/mol. The predicted octanol–water partition coefficient (Wildman–Crippen LogP) is 0.364. The van der Waals surface area contributed by atoms with Gasteiger partial charge in [-0.1, -0.05) is 0 Å². The molecule has 152 valence electrons. The van der Waals surface area contributed by atoms with E-state index in [2.05, 4.69) is 10.2 Å². The van der Waals surface area contributed by atoms with Crippen molar-refractivity contribution in [2.75, 3.05) is 59.0 Å². The monoisotopic (exact) mass is 410 g/mol. The Balaban J connectivity index is 0.00000169. The Morgan fingerprint density at radius 3 is 2.35 bits per heavy atom. The van der Waals surface area contributed by atoms with E-state index in [1.807, 2.05) is 16.7 Å². The fourth-order valence-corrected chi connectivity index (χ4v) is 3.81. The fourth-order valence-electron chi connectivity index (χ4n) is 3.81. The fraction of sp³-hybridized carbons (Fsp3) is 0.882. The van der Waals surface area contributed by atoms with Crippen LogP contribution in [0.4, 0.5) is 0 Å².